The molecule has 0 radical (unpaired) electrons. The number of rotatable bonds is 4. The Labute approximate surface area is 135 Å². The minimum atomic E-state index is -2.86. The van der Waals surface area contributed by atoms with Crippen LogP contribution < -0.4 is 15.2 Å². The number of benzene rings is 1. The lowest BCUT2D eigenvalue weighted by Gasteiger charge is -2.44. The average molecular weight is 326 g/mol. The average Bonchev–Trinajstić information content (AvgIpc) is 2.85. The van der Waals surface area contributed by atoms with Gasteiger partial charge in [0.1, 0.15) is 0 Å². The fourth-order valence-corrected chi connectivity index (χ4v) is 4.32. The van der Waals surface area contributed by atoms with Crippen LogP contribution in [0.4, 0.5) is 8.78 Å². The molecule has 4 nitrogen and oxygen atoms in total. The van der Waals surface area contributed by atoms with Crippen LogP contribution in [0.3, 0.4) is 0 Å². The van der Waals surface area contributed by atoms with Gasteiger partial charge in [0.05, 0.1) is 7.11 Å². The second kappa shape index (κ2) is 6.24. The summed E-state index contributed by atoms with van der Waals surface area (Å²) in [5, 5.41) is 0. The van der Waals surface area contributed by atoms with Crippen molar-refractivity contribution in [1.29, 1.82) is 0 Å². The van der Waals surface area contributed by atoms with Gasteiger partial charge < -0.3 is 20.1 Å². The van der Waals surface area contributed by atoms with Crippen molar-refractivity contribution in [1.82, 2.24) is 4.90 Å². The van der Waals surface area contributed by atoms with Crippen LogP contribution in [-0.2, 0) is 5.41 Å². The highest BCUT2D eigenvalue weighted by atomic mass is 19.3. The van der Waals surface area contributed by atoms with E-state index in [4.69, 9.17) is 10.5 Å². The highest BCUT2D eigenvalue weighted by Crippen LogP contribution is 2.49. The monoisotopic (exact) mass is 326 g/mol. The Morgan fingerprint density at radius 2 is 2.09 bits per heavy atom. The molecule has 1 aliphatic heterocycles. The molecule has 3 atom stereocenters. The molecule has 6 heteroatoms. The summed E-state index contributed by atoms with van der Waals surface area (Å²) in [6, 6.07) is 5.98. The second-order valence-electron chi connectivity index (χ2n) is 6.68. The Balaban J connectivity index is 1.96. The number of fused-ring (bicyclic) bond motifs is 1. The zero-order chi connectivity index (χ0) is 16.6. The predicted molar refractivity (Wildman–Crippen MR) is 84.2 cm³/mol. The van der Waals surface area contributed by atoms with Crippen molar-refractivity contribution in [2.24, 2.45) is 5.73 Å². The van der Waals surface area contributed by atoms with Crippen molar-refractivity contribution in [2.75, 3.05) is 20.7 Å². The van der Waals surface area contributed by atoms with Crippen molar-refractivity contribution in [3.63, 3.8) is 0 Å². The summed E-state index contributed by atoms with van der Waals surface area (Å²) >= 11 is 0. The number of nitrogens with two attached hydrogens (primary N) is 1. The van der Waals surface area contributed by atoms with Crippen LogP contribution >= 0.6 is 0 Å². The molecule has 1 saturated heterocycles. The van der Waals surface area contributed by atoms with Gasteiger partial charge >= 0.3 is 6.61 Å². The van der Waals surface area contributed by atoms with Gasteiger partial charge in [0.15, 0.2) is 11.5 Å². The summed E-state index contributed by atoms with van der Waals surface area (Å²) in [6.45, 7) is -1.83. The SMILES string of the molecule is COc1cc([C@@]23CCC(N)C[C@H]2N(C)CC3)ccc1OC(F)F. The molecule has 1 aromatic rings. The fraction of sp³-hybridized carbons (Fsp3) is 0.647. The molecular formula is C17H24F2N2O2. The third-order valence-electron chi connectivity index (χ3n) is 5.52. The first-order valence-electron chi connectivity index (χ1n) is 8.05. The van der Waals surface area contributed by atoms with Crippen molar-refractivity contribution in [3.8, 4) is 11.5 Å². The molecule has 0 amide bonds. The Morgan fingerprint density at radius 3 is 2.78 bits per heavy atom. The van der Waals surface area contributed by atoms with Crippen LogP contribution in [0, 0.1) is 0 Å². The maximum absolute atomic E-state index is 12.5. The molecule has 128 valence electrons. The van der Waals surface area contributed by atoms with Gasteiger partial charge in [-0.1, -0.05) is 6.07 Å². The van der Waals surface area contributed by atoms with Gasteiger partial charge in [-0.2, -0.15) is 8.78 Å². The quantitative estimate of drug-likeness (QED) is 0.924. The molecule has 0 aromatic heterocycles. The third-order valence-corrected chi connectivity index (χ3v) is 5.52. The van der Waals surface area contributed by atoms with E-state index in [-0.39, 0.29) is 17.2 Å². The first-order chi connectivity index (χ1) is 11.0. The number of hydrogen-bond acceptors (Lipinski definition) is 4. The number of halogens is 2. The second-order valence-corrected chi connectivity index (χ2v) is 6.68. The van der Waals surface area contributed by atoms with E-state index < -0.39 is 6.61 Å². The van der Waals surface area contributed by atoms with Gasteiger partial charge in [0, 0.05) is 17.5 Å². The Morgan fingerprint density at radius 1 is 1.30 bits per heavy atom. The summed E-state index contributed by atoms with van der Waals surface area (Å²) in [5.74, 6) is 0.443. The number of ether oxygens (including phenoxy) is 2. The van der Waals surface area contributed by atoms with E-state index >= 15 is 0 Å². The van der Waals surface area contributed by atoms with Gasteiger partial charge in [-0.3, -0.25) is 0 Å². The molecule has 1 aromatic carbocycles. The zero-order valence-electron chi connectivity index (χ0n) is 13.6. The minimum absolute atomic E-state index is 0.0290. The number of hydrogen-bond donors (Lipinski definition) is 1. The first kappa shape index (κ1) is 16.5. The molecule has 0 bridgehead atoms. The molecule has 1 saturated carbocycles. The standard InChI is InChI=1S/C17H24F2N2O2/c1-21-8-7-17(6-5-12(20)10-15(17)21)11-3-4-13(23-16(18)19)14(9-11)22-2/h3-4,9,12,15-16H,5-8,10,20H2,1-2H3/t12?,15-,17+/m1/s1. The smallest absolute Gasteiger partial charge is 0.387 e. The van der Waals surface area contributed by atoms with Crippen LogP contribution in [0.5, 0.6) is 11.5 Å². The molecule has 2 aliphatic rings. The lowest BCUT2D eigenvalue weighted by Crippen LogP contribution is -2.49. The zero-order valence-corrected chi connectivity index (χ0v) is 13.6. The van der Waals surface area contributed by atoms with Gasteiger partial charge in [0.2, 0.25) is 0 Å². The van der Waals surface area contributed by atoms with Crippen molar-refractivity contribution in [2.45, 2.75) is 49.8 Å². The van der Waals surface area contributed by atoms with E-state index in [0.29, 0.717) is 11.8 Å². The summed E-state index contributed by atoms with van der Waals surface area (Å²) in [4.78, 5) is 2.37. The lowest BCUT2D eigenvalue weighted by atomic mass is 9.65. The summed E-state index contributed by atoms with van der Waals surface area (Å²) in [6.07, 6.45) is 4.02. The highest BCUT2D eigenvalue weighted by molar-refractivity contribution is 5.46. The molecule has 23 heavy (non-hydrogen) atoms. The predicted octanol–water partition coefficient (Wildman–Crippen LogP) is 2.75. The normalized spacial score (nSPS) is 31.2. The fourth-order valence-electron chi connectivity index (χ4n) is 4.32. The first-order valence-corrected chi connectivity index (χ1v) is 8.05. The maximum atomic E-state index is 12.5. The van der Waals surface area contributed by atoms with Crippen LogP contribution in [0.2, 0.25) is 0 Å². The van der Waals surface area contributed by atoms with Crippen molar-refractivity contribution < 1.29 is 18.3 Å². The third kappa shape index (κ3) is 2.90. The highest BCUT2D eigenvalue weighted by Gasteiger charge is 2.49. The molecule has 2 N–H and O–H groups in total. The lowest BCUT2D eigenvalue weighted by molar-refractivity contribution is -0.0512. The van der Waals surface area contributed by atoms with E-state index in [2.05, 4.69) is 16.7 Å². The number of nitrogens with zero attached hydrogens (tertiary/aromatic N) is 1. The van der Waals surface area contributed by atoms with Crippen molar-refractivity contribution >= 4 is 0 Å². The van der Waals surface area contributed by atoms with E-state index in [1.807, 2.05) is 12.1 Å². The minimum Gasteiger partial charge on any atom is -0.493 e. The van der Waals surface area contributed by atoms with E-state index in [9.17, 15) is 8.78 Å². The Hall–Kier alpha value is -1.40. The Bertz CT molecular complexity index is 570. The number of likely N-dealkylation sites (tertiary alicyclic amines) is 1. The van der Waals surface area contributed by atoms with Crippen molar-refractivity contribution in [3.05, 3.63) is 23.8 Å². The molecule has 3 rings (SSSR count). The van der Waals surface area contributed by atoms with Crippen LogP contribution in [0.15, 0.2) is 18.2 Å². The summed E-state index contributed by atoms with van der Waals surface area (Å²) in [5.41, 5.74) is 7.34. The molecule has 1 aliphatic carbocycles. The topological polar surface area (TPSA) is 47.7 Å². The van der Waals surface area contributed by atoms with E-state index in [0.717, 1.165) is 37.8 Å². The van der Waals surface area contributed by atoms with E-state index in [1.54, 1.807) is 6.07 Å². The number of alkyl halides is 2. The van der Waals surface area contributed by atoms with E-state index in [1.165, 1.54) is 7.11 Å². The molecule has 2 fully saturated rings. The van der Waals surface area contributed by atoms with Crippen LogP contribution in [0.25, 0.3) is 0 Å². The largest absolute Gasteiger partial charge is 0.493 e. The maximum Gasteiger partial charge on any atom is 0.387 e. The molecular weight excluding hydrogens is 302 g/mol. The molecule has 1 heterocycles. The summed E-state index contributed by atoms with van der Waals surface area (Å²) < 4.78 is 34.8. The number of methoxy groups -OCH3 is 1. The van der Waals surface area contributed by atoms with Crippen LogP contribution in [0.1, 0.15) is 31.2 Å². The van der Waals surface area contributed by atoms with Gasteiger partial charge in [0.25, 0.3) is 0 Å². The van der Waals surface area contributed by atoms with Crippen LogP contribution in [-0.4, -0.2) is 44.3 Å². The number of likely N-dealkylation sites (N-methyl/N-ethyl adjacent to an activating group) is 1. The molecule has 0 spiro atoms. The Kier molecular flexibility index (Phi) is 4.47. The molecule has 1 unspecified atom stereocenters. The summed E-state index contributed by atoms with van der Waals surface area (Å²) in [7, 11) is 3.61. The van der Waals surface area contributed by atoms with Gasteiger partial charge in [-0.15, -0.1) is 0 Å². The van der Waals surface area contributed by atoms with Gasteiger partial charge in [-0.25, -0.2) is 0 Å². The van der Waals surface area contributed by atoms with Gasteiger partial charge in [-0.05, 0) is 57.0 Å².